The van der Waals surface area contributed by atoms with Crippen LogP contribution in [0.15, 0.2) is 30.3 Å². The molecule has 144 valence electrons. The van der Waals surface area contributed by atoms with Crippen molar-refractivity contribution in [3.8, 4) is 0 Å². The van der Waals surface area contributed by atoms with Crippen molar-refractivity contribution in [1.29, 1.82) is 0 Å². The van der Waals surface area contributed by atoms with E-state index in [1.54, 1.807) is 21.3 Å². The zero-order valence-corrected chi connectivity index (χ0v) is 16.5. The Kier molecular flexibility index (Phi) is 11.7. The van der Waals surface area contributed by atoms with Crippen LogP contribution in [-0.4, -0.2) is 33.9 Å². The smallest absolute Gasteiger partial charge is 0.307 e. The molecule has 0 saturated carbocycles. The van der Waals surface area contributed by atoms with Gasteiger partial charge in [0.1, 0.15) is 6.61 Å². The van der Waals surface area contributed by atoms with E-state index in [1.807, 2.05) is 18.2 Å². The average molecular weight is 353 g/mol. The van der Waals surface area contributed by atoms with E-state index < -0.39 is 5.97 Å². The molecule has 0 saturated heterocycles. The first-order chi connectivity index (χ1) is 12.2. The molecule has 0 aliphatic carbocycles. The number of hydrogen-bond acceptors (Lipinski definition) is 4. The van der Waals surface area contributed by atoms with E-state index in [-0.39, 0.29) is 12.7 Å². The van der Waals surface area contributed by atoms with Crippen LogP contribution in [0.4, 0.5) is 0 Å². The molecule has 4 heteroatoms. The fraction of sp³-hybridized carbons (Fsp3) is 0.714. The van der Waals surface area contributed by atoms with E-state index in [0.29, 0.717) is 0 Å². The highest BCUT2D eigenvalue weighted by atomic mass is 16.9. The van der Waals surface area contributed by atoms with Gasteiger partial charge in [-0.3, -0.25) is 0 Å². The van der Waals surface area contributed by atoms with E-state index in [1.165, 1.54) is 44.1 Å². The molecule has 1 atom stereocenters. The average Bonchev–Trinajstić information content (AvgIpc) is 2.67. The topological polar surface area (TPSA) is 36.9 Å². The number of hydrogen-bond donors (Lipinski definition) is 0. The second-order valence-electron chi connectivity index (χ2n) is 6.42. The molecule has 0 spiro atoms. The van der Waals surface area contributed by atoms with Gasteiger partial charge < -0.3 is 18.9 Å². The third kappa shape index (κ3) is 8.32. The lowest BCUT2D eigenvalue weighted by atomic mass is 10.0. The van der Waals surface area contributed by atoms with E-state index in [4.69, 9.17) is 18.9 Å². The van der Waals surface area contributed by atoms with E-state index in [9.17, 15) is 0 Å². The lowest BCUT2D eigenvalue weighted by molar-refractivity contribution is -0.371. The van der Waals surface area contributed by atoms with Crippen LogP contribution in [0.25, 0.3) is 0 Å². The Hall–Kier alpha value is -0.940. The number of benzene rings is 1. The second-order valence-corrected chi connectivity index (χ2v) is 6.42. The largest absolute Gasteiger partial charge is 0.365 e. The Morgan fingerprint density at radius 2 is 1.36 bits per heavy atom. The van der Waals surface area contributed by atoms with Crippen molar-refractivity contribution in [2.45, 2.75) is 70.4 Å². The molecule has 0 fully saturated rings. The third-order valence-electron chi connectivity index (χ3n) is 4.64. The van der Waals surface area contributed by atoms with Gasteiger partial charge in [-0.25, -0.2) is 0 Å². The van der Waals surface area contributed by atoms with Crippen LogP contribution in [0.1, 0.15) is 70.0 Å². The van der Waals surface area contributed by atoms with Gasteiger partial charge in [0, 0.05) is 21.3 Å². The number of rotatable bonds is 15. The Bertz CT molecular complexity index is 409. The fourth-order valence-electron chi connectivity index (χ4n) is 2.93. The van der Waals surface area contributed by atoms with Crippen molar-refractivity contribution in [2.24, 2.45) is 0 Å². The zero-order chi connectivity index (χ0) is 18.4. The Morgan fingerprint density at radius 1 is 0.800 bits per heavy atom. The normalized spacial score (nSPS) is 13.1. The van der Waals surface area contributed by atoms with Gasteiger partial charge in [0.2, 0.25) is 0 Å². The van der Waals surface area contributed by atoms with Gasteiger partial charge in [-0.2, -0.15) is 0 Å². The Balaban J connectivity index is 2.51. The van der Waals surface area contributed by atoms with Crippen LogP contribution in [0, 0.1) is 0 Å². The van der Waals surface area contributed by atoms with Crippen molar-refractivity contribution in [3.63, 3.8) is 0 Å². The molecule has 0 heterocycles. The van der Waals surface area contributed by atoms with Crippen LogP contribution in [0.2, 0.25) is 0 Å². The molecule has 1 aromatic rings. The van der Waals surface area contributed by atoms with Crippen LogP contribution in [0.5, 0.6) is 0 Å². The quantitative estimate of drug-likeness (QED) is 0.309. The highest BCUT2D eigenvalue weighted by Gasteiger charge is 2.31. The van der Waals surface area contributed by atoms with Crippen molar-refractivity contribution >= 4 is 0 Å². The summed E-state index contributed by atoms with van der Waals surface area (Å²) in [5.74, 6) is -1.15. The van der Waals surface area contributed by atoms with Gasteiger partial charge >= 0.3 is 5.97 Å². The molecule has 0 amide bonds. The molecule has 1 rings (SSSR count). The van der Waals surface area contributed by atoms with Crippen molar-refractivity contribution in [1.82, 2.24) is 0 Å². The predicted octanol–water partition coefficient (Wildman–Crippen LogP) is 5.48. The fourth-order valence-corrected chi connectivity index (χ4v) is 2.93. The Labute approximate surface area is 153 Å². The van der Waals surface area contributed by atoms with Gasteiger partial charge in [0.15, 0.2) is 0 Å². The summed E-state index contributed by atoms with van der Waals surface area (Å²) in [5.41, 5.74) is 1.19. The monoisotopic (exact) mass is 352 g/mol. The lowest BCUT2D eigenvalue weighted by Gasteiger charge is -2.30. The highest BCUT2D eigenvalue weighted by Crippen LogP contribution is 2.26. The van der Waals surface area contributed by atoms with Crippen LogP contribution in [-0.2, 0) is 18.9 Å². The summed E-state index contributed by atoms with van der Waals surface area (Å²) in [7, 11) is 4.68. The zero-order valence-electron chi connectivity index (χ0n) is 16.5. The molecule has 1 unspecified atom stereocenters. The third-order valence-corrected chi connectivity index (χ3v) is 4.64. The number of unbranched alkanes of at least 4 members (excludes halogenated alkanes) is 6. The second kappa shape index (κ2) is 13.3. The highest BCUT2D eigenvalue weighted by molar-refractivity contribution is 5.17. The van der Waals surface area contributed by atoms with Gasteiger partial charge in [-0.15, -0.1) is 0 Å². The maximum Gasteiger partial charge on any atom is 0.307 e. The molecule has 0 N–H and O–H groups in total. The summed E-state index contributed by atoms with van der Waals surface area (Å²) >= 11 is 0. The van der Waals surface area contributed by atoms with Gasteiger partial charge in [-0.1, -0.05) is 82.2 Å². The lowest BCUT2D eigenvalue weighted by Crippen LogP contribution is -2.41. The molecule has 0 aliphatic heterocycles. The van der Waals surface area contributed by atoms with Crippen LogP contribution >= 0.6 is 0 Å². The van der Waals surface area contributed by atoms with Gasteiger partial charge in [0.05, 0.1) is 6.10 Å². The van der Waals surface area contributed by atoms with Gasteiger partial charge in [-0.05, 0) is 12.0 Å². The van der Waals surface area contributed by atoms with E-state index >= 15 is 0 Å². The molecule has 0 aromatic heterocycles. The van der Waals surface area contributed by atoms with Crippen molar-refractivity contribution in [2.75, 3.05) is 27.9 Å². The standard InChI is InChI=1S/C21H36O4/c1-5-6-7-8-9-10-14-17-20(19-15-12-11-13-16-19)25-18-21(22-2,23-3)24-4/h11-13,15-16,20H,5-10,14,17-18H2,1-4H3. The van der Waals surface area contributed by atoms with Crippen LogP contribution in [0.3, 0.4) is 0 Å². The summed E-state index contributed by atoms with van der Waals surface area (Å²) in [6.45, 7) is 2.48. The SMILES string of the molecule is CCCCCCCCCC(OCC(OC)(OC)OC)c1ccccc1. The molecule has 1 aromatic carbocycles. The summed E-state index contributed by atoms with van der Waals surface area (Å²) in [4.78, 5) is 0. The predicted molar refractivity (Wildman–Crippen MR) is 102 cm³/mol. The molecular formula is C21H36O4. The summed E-state index contributed by atoms with van der Waals surface area (Å²) in [6.07, 6.45) is 10.1. The summed E-state index contributed by atoms with van der Waals surface area (Å²) in [5, 5.41) is 0. The molecular weight excluding hydrogens is 316 g/mol. The number of methoxy groups -OCH3 is 3. The van der Waals surface area contributed by atoms with E-state index in [2.05, 4.69) is 19.1 Å². The van der Waals surface area contributed by atoms with Crippen molar-refractivity contribution in [3.05, 3.63) is 35.9 Å². The summed E-state index contributed by atoms with van der Waals surface area (Å²) in [6, 6.07) is 10.3. The first-order valence-corrected chi connectivity index (χ1v) is 9.53. The maximum absolute atomic E-state index is 6.14. The molecule has 0 aliphatic rings. The Morgan fingerprint density at radius 3 is 1.92 bits per heavy atom. The first-order valence-electron chi connectivity index (χ1n) is 9.53. The maximum atomic E-state index is 6.14. The van der Waals surface area contributed by atoms with Crippen molar-refractivity contribution < 1.29 is 18.9 Å². The minimum atomic E-state index is -1.15. The minimum Gasteiger partial charge on any atom is -0.365 e. The van der Waals surface area contributed by atoms with Crippen LogP contribution < -0.4 is 0 Å². The molecule has 0 bridgehead atoms. The molecule has 0 radical (unpaired) electrons. The summed E-state index contributed by atoms with van der Waals surface area (Å²) < 4.78 is 22.1. The van der Waals surface area contributed by atoms with Gasteiger partial charge in [0.25, 0.3) is 0 Å². The number of ether oxygens (including phenoxy) is 4. The first kappa shape index (κ1) is 22.1. The molecule has 25 heavy (non-hydrogen) atoms. The molecule has 4 nitrogen and oxygen atoms in total. The minimum absolute atomic E-state index is 0.0247. The van der Waals surface area contributed by atoms with E-state index in [0.717, 1.165) is 12.8 Å².